The second-order valence-corrected chi connectivity index (χ2v) is 6.60. The lowest BCUT2D eigenvalue weighted by atomic mass is 9.80. The van der Waals surface area contributed by atoms with Crippen molar-refractivity contribution in [1.29, 1.82) is 5.26 Å². The summed E-state index contributed by atoms with van der Waals surface area (Å²) in [5.41, 5.74) is 0.191. The molecule has 0 spiro atoms. The lowest BCUT2D eigenvalue weighted by Crippen LogP contribution is -2.55. The summed E-state index contributed by atoms with van der Waals surface area (Å²) >= 11 is 0. The molecule has 2 heterocycles. The summed E-state index contributed by atoms with van der Waals surface area (Å²) in [6.07, 6.45) is 1.74. The summed E-state index contributed by atoms with van der Waals surface area (Å²) < 4.78 is 13.3. The lowest BCUT2D eigenvalue weighted by Gasteiger charge is -2.39. The molecule has 3 amide bonds. The van der Waals surface area contributed by atoms with Crippen molar-refractivity contribution in [1.82, 2.24) is 15.5 Å². The van der Waals surface area contributed by atoms with Crippen LogP contribution >= 0.6 is 0 Å². The molecule has 24 heavy (non-hydrogen) atoms. The molecule has 1 aromatic carbocycles. The SMILES string of the molecule is C[C@@]1([C@@H]2CCCN(Cc3ccc(F)cc3C#N)C2)NC(=O)NC1=O. The van der Waals surface area contributed by atoms with Crippen molar-refractivity contribution < 1.29 is 14.0 Å². The fourth-order valence-corrected chi connectivity index (χ4v) is 3.55. The highest BCUT2D eigenvalue weighted by atomic mass is 19.1. The molecular weight excluding hydrogens is 311 g/mol. The summed E-state index contributed by atoms with van der Waals surface area (Å²) in [5, 5.41) is 14.2. The molecule has 126 valence electrons. The van der Waals surface area contributed by atoms with Crippen molar-refractivity contribution in [3.05, 3.63) is 35.1 Å². The van der Waals surface area contributed by atoms with Crippen molar-refractivity contribution in [2.24, 2.45) is 5.92 Å². The van der Waals surface area contributed by atoms with E-state index in [1.165, 1.54) is 12.1 Å². The fourth-order valence-electron chi connectivity index (χ4n) is 3.55. The van der Waals surface area contributed by atoms with Crippen LogP contribution in [0.2, 0.25) is 0 Å². The highest BCUT2D eigenvalue weighted by molar-refractivity contribution is 6.07. The number of carbonyl (C=O) groups excluding carboxylic acids is 2. The summed E-state index contributed by atoms with van der Waals surface area (Å²) in [4.78, 5) is 25.7. The predicted octanol–water partition coefficient (Wildman–Crippen LogP) is 1.51. The van der Waals surface area contributed by atoms with Gasteiger partial charge in [-0.05, 0) is 44.0 Å². The van der Waals surface area contributed by atoms with Crippen LogP contribution in [0.25, 0.3) is 0 Å². The van der Waals surface area contributed by atoms with E-state index in [0.29, 0.717) is 18.7 Å². The molecule has 2 saturated heterocycles. The van der Waals surface area contributed by atoms with Crippen molar-refractivity contribution in [2.45, 2.75) is 31.8 Å². The van der Waals surface area contributed by atoms with Gasteiger partial charge in [-0.3, -0.25) is 15.0 Å². The third kappa shape index (κ3) is 2.97. The van der Waals surface area contributed by atoms with Crippen LogP contribution in [0, 0.1) is 23.1 Å². The number of urea groups is 1. The van der Waals surface area contributed by atoms with Gasteiger partial charge in [0.15, 0.2) is 0 Å². The number of nitrogens with one attached hydrogen (secondary N) is 2. The first-order chi connectivity index (χ1) is 11.4. The first kappa shape index (κ1) is 16.4. The van der Waals surface area contributed by atoms with E-state index in [2.05, 4.69) is 15.5 Å². The Balaban J connectivity index is 1.74. The molecule has 0 unspecified atom stereocenters. The number of nitriles is 1. The monoisotopic (exact) mass is 330 g/mol. The summed E-state index contributed by atoms with van der Waals surface area (Å²) in [6, 6.07) is 5.79. The van der Waals surface area contributed by atoms with Crippen molar-refractivity contribution >= 4 is 11.9 Å². The van der Waals surface area contributed by atoms with Gasteiger partial charge < -0.3 is 5.32 Å². The van der Waals surface area contributed by atoms with E-state index in [4.69, 9.17) is 5.26 Å². The zero-order chi connectivity index (χ0) is 17.3. The van der Waals surface area contributed by atoms with Gasteiger partial charge in [0.1, 0.15) is 11.4 Å². The highest BCUT2D eigenvalue weighted by Gasteiger charge is 2.48. The average Bonchev–Trinajstić information content (AvgIpc) is 2.83. The van der Waals surface area contributed by atoms with Crippen LogP contribution in [0.1, 0.15) is 30.9 Å². The van der Waals surface area contributed by atoms with E-state index in [0.717, 1.165) is 24.9 Å². The van der Waals surface area contributed by atoms with E-state index >= 15 is 0 Å². The molecule has 2 aliphatic heterocycles. The summed E-state index contributed by atoms with van der Waals surface area (Å²) in [6.45, 7) is 3.74. The summed E-state index contributed by atoms with van der Waals surface area (Å²) in [7, 11) is 0. The Morgan fingerprint density at radius 3 is 2.92 bits per heavy atom. The van der Waals surface area contributed by atoms with E-state index < -0.39 is 17.4 Å². The van der Waals surface area contributed by atoms with Crippen LogP contribution in [0.15, 0.2) is 18.2 Å². The third-order valence-electron chi connectivity index (χ3n) is 4.98. The number of carbonyl (C=O) groups is 2. The van der Waals surface area contributed by atoms with Crippen LogP contribution < -0.4 is 10.6 Å². The van der Waals surface area contributed by atoms with Crippen LogP contribution in [0.4, 0.5) is 9.18 Å². The second kappa shape index (κ2) is 6.21. The van der Waals surface area contributed by atoms with Gasteiger partial charge in [0, 0.05) is 19.0 Å². The van der Waals surface area contributed by atoms with Crippen LogP contribution in [0.5, 0.6) is 0 Å². The maximum Gasteiger partial charge on any atom is 0.322 e. The number of hydrogen-bond acceptors (Lipinski definition) is 4. The Hall–Kier alpha value is -2.46. The molecule has 0 saturated carbocycles. The van der Waals surface area contributed by atoms with E-state index in [9.17, 15) is 14.0 Å². The molecule has 2 N–H and O–H groups in total. The number of nitrogens with zero attached hydrogens (tertiary/aromatic N) is 2. The van der Waals surface area contributed by atoms with Crippen LogP contribution in [-0.2, 0) is 11.3 Å². The molecule has 0 radical (unpaired) electrons. The van der Waals surface area contributed by atoms with Gasteiger partial charge in [-0.1, -0.05) is 6.07 Å². The molecule has 0 aromatic heterocycles. The standard InChI is InChI=1S/C17H19FN4O2/c1-17(15(23)20-16(24)21-17)13-3-2-6-22(10-13)9-11-4-5-14(18)7-12(11)8-19/h4-5,7,13H,2-3,6,9-10H2,1H3,(H2,20,21,23,24)/t13-,17+/m1/s1. The number of benzene rings is 1. The molecule has 2 fully saturated rings. The minimum atomic E-state index is -0.906. The zero-order valence-electron chi connectivity index (χ0n) is 13.4. The number of rotatable bonds is 3. The number of halogens is 1. The highest BCUT2D eigenvalue weighted by Crippen LogP contribution is 2.30. The van der Waals surface area contributed by atoms with Gasteiger partial charge in [-0.25, -0.2) is 9.18 Å². The Labute approximate surface area is 139 Å². The van der Waals surface area contributed by atoms with Gasteiger partial charge >= 0.3 is 6.03 Å². The van der Waals surface area contributed by atoms with Gasteiger partial charge in [0.2, 0.25) is 0 Å². The van der Waals surface area contributed by atoms with Gasteiger partial charge in [-0.2, -0.15) is 5.26 Å². The molecule has 2 atom stereocenters. The Bertz CT molecular complexity index is 730. The molecule has 0 aliphatic carbocycles. The minimum Gasteiger partial charge on any atom is -0.323 e. The average molecular weight is 330 g/mol. The molecule has 3 rings (SSSR count). The quantitative estimate of drug-likeness (QED) is 0.823. The number of piperidine rings is 1. The molecular formula is C17H19FN4O2. The Kier molecular flexibility index (Phi) is 4.24. The second-order valence-electron chi connectivity index (χ2n) is 6.60. The van der Waals surface area contributed by atoms with Crippen molar-refractivity contribution in [2.75, 3.05) is 13.1 Å². The maximum absolute atomic E-state index is 13.3. The Morgan fingerprint density at radius 2 is 2.25 bits per heavy atom. The molecule has 6 nitrogen and oxygen atoms in total. The maximum atomic E-state index is 13.3. The van der Waals surface area contributed by atoms with Gasteiger partial charge in [-0.15, -0.1) is 0 Å². The number of amides is 3. The third-order valence-corrected chi connectivity index (χ3v) is 4.98. The van der Waals surface area contributed by atoms with Crippen LogP contribution in [0.3, 0.4) is 0 Å². The van der Waals surface area contributed by atoms with Crippen molar-refractivity contribution in [3.63, 3.8) is 0 Å². The zero-order valence-corrected chi connectivity index (χ0v) is 13.4. The predicted molar refractivity (Wildman–Crippen MR) is 84.2 cm³/mol. The number of imide groups is 1. The Morgan fingerprint density at radius 1 is 1.46 bits per heavy atom. The number of hydrogen-bond donors (Lipinski definition) is 2. The lowest BCUT2D eigenvalue weighted by molar-refractivity contribution is -0.126. The molecule has 2 aliphatic rings. The minimum absolute atomic E-state index is 0.0105. The fraction of sp³-hybridized carbons (Fsp3) is 0.471. The molecule has 1 aromatic rings. The topological polar surface area (TPSA) is 85.2 Å². The largest absolute Gasteiger partial charge is 0.323 e. The number of likely N-dealkylation sites (tertiary alicyclic amines) is 1. The van der Waals surface area contributed by atoms with Crippen molar-refractivity contribution in [3.8, 4) is 6.07 Å². The van der Waals surface area contributed by atoms with Crippen LogP contribution in [-0.4, -0.2) is 35.5 Å². The van der Waals surface area contributed by atoms with E-state index in [1.54, 1.807) is 13.0 Å². The van der Waals surface area contributed by atoms with E-state index in [1.807, 2.05) is 6.07 Å². The van der Waals surface area contributed by atoms with Gasteiger partial charge in [0.05, 0.1) is 11.6 Å². The normalized spacial score (nSPS) is 27.5. The van der Waals surface area contributed by atoms with Gasteiger partial charge in [0.25, 0.3) is 5.91 Å². The van der Waals surface area contributed by atoms with E-state index in [-0.39, 0.29) is 11.8 Å². The molecule has 7 heteroatoms. The smallest absolute Gasteiger partial charge is 0.322 e. The summed E-state index contributed by atoms with van der Waals surface area (Å²) in [5.74, 6) is -0.729. The first-order valence-corrected chi connectivity index (χ1v) is 7.97. The first-order valence-electron chi connectivity index (χ1n) is 7.97. The molecule has 0 bridgehead atoms.